The number of carbonyl (C=O) groups is 2. The minimum atomic E-state index is -6.78. The zero-order chi connectivity index (χ0) is 23.9. The Balaban J connectivity index is 3.45. The highest BCUT2D eigenvalue weighted by Crippen LogP contribution is 2.41. The van der Waals surface area contributed by atoms with Crippen molar-refractivity contribution in [1.82, 2.24) is 4.90 Å². The highest BCUT2D eigenvalue weighted by atomic mass is 19.4. The van der Waals surface area contributed by atoms with Crippen molar-refractivity contribution in [2.45, 2.75) is 36.9 Å². The van der Waals surface area contributed by atoms with E-state index >= 15 is 0 Å². The van der Waals surface area contributed by atoms with Crippen molar-refractivity contribution < 1.29 is 66.7 Å². The van der Waals surface area contributed by atoms with Crippen LogP contribution in [-0.2, 0) is 22.3 Å². The molecule has 0 unspecified atom stereocenters. The van der Waals surface area contributed by atoms with E-state index in [9.17, 15) is 66.7 Å². The first-order chi connectivity index (χ1) is 13.1. The molecule has 170 valence electrons. The number of benzene rings is 1. The average molecular weight is 467 g/mol. The van der Waals surface area contributed by atoms with E-state index in [2.05, 4.69) is 0 Å². The molecule has 1 rings (SSSR count). The van der Waals surface area contributed by atoms with Crippen LogP contribution in [0.5, 0.6) is 0 Å². The fourth-order valence-corrected chi connectivity index (χ4v) is 1.80. The molecule has 0 aliphatic carbocycles. The maximum Gasteiger partial charge on any atom is 0.463 e. The largest absolute Gasteiger partial charge is 0.463 e. The van der Waals surface area contributed by atoms with Crippen molar-refractivity contribution in [3.05, 3.63) is 35.4 Å². The van der Waals surface area contributed by atoms with Crippen molar-refractivity contribution >= 4 is 11.8 Å². The van der Waals surface area contributed by atoms with Gasteiger partial charge in [0.1, 0.15) is 0 Å². The van der Waals surface area contributed by atoms with Crippen LogP contribution in [-0.4, -0.2) is 40.9 Å². The summed E-state index contributed by atoms with van der Waals surface area (Å²) in [6.07, 6.45) is -18.5. The van der Waals surface area contributed by atoms with Gasteiger partial charge >= 0.3 is 42.2 Å². The second-order valence-electron chi connectivity index (χ2n) is 5.54. The van der Waals surface area contributed by atoms with Gasteiger partial charge in [-0.1, -0.05) is 12.1 Å². The Morgan fingerprint density at radius 3 is 1.23 bits per heavy atom. The van der Waals surface area contributed by atoms with Gasteiger partial charge in [-0.05, 0) is 17.7 Å². The first kappa shape index (κ1) is 25.5. The van der Waals surface area contributed by atoms with Gasteiger partial charge in [-0.2, -0.15) is 57.1 Å². The Hall–Kier alpha value is -2.55. The lowest BCUT2D eigenvalue weighted by Crippen LogP contribution is -2.59. The zero-order valence-corrected chi connectivity index (χ0v) is 13.7. The third kappa shape index (κ3) is 4.95. The number of imide groups is 1. The first-order valence-electron chi connectivity index (χ1n) is 7.05. The summed E-state index contributed by atoms with van der Waals surface area (Å²) in [6, 6.07) is 0.861. The van der Waals surface area contributed by atoms with Crippen molar-refractivity contribution in [2.24, 2.45) is 0 Å². The maximum atomic E-state index is 13.2. The Morgan fingerprint density at radius 2 is 0.967 bits per heavy atom. The zero-order valence-electron chi connectivity index (χ0n) is 13.7. The molecule has 0 aliphatic heterocycles. The van der Waals surface area contributed by atoms with Gasteiger partial charge in [-0.3, -0.25) is 14.5 Å². The normalized spacial score (nSPS) is 13.9. The monoisotopic (exact) mass is 467 g/mol. The highest BCUT2D eigenvalue weighted by Gasteiger charge is 2.70. The molecule has 0 N–H and O–H groups in total. The molecule has 0 fully saturated rings. The van der Waals surface area contributed by atoms with Gasteiger partial charge in [0, 0.05) is 0 Å². The molecule has 16 heteroatoms. The van der Waals surface area contributed by atoms with Crippen LogP contribution < -0.4 is 0 Å². The second-order valence-corrected chi connectivity index (χ2v) is 5.54. The van der Waals surface area contributed by atoms with Gasteiger partial charge < -0.3 is 0 Å². The molecule has 0 atom stereocenters. The van der Waals surface area contributed by atoms with Crippen LogP contribution in [0.3, 0.4) is 0 Å². The van der Waals surface area contributed by atoms with E-state index in [1.807, 2.05) is 0 Å². The van der Waals surface area contributed by atoms with Crippen LogP contribution in [0.2, 0.25) is 0 Å². The minimum absolute atomic E-state index is 0.159. The number of amides is 2. The van der Waals surface area contributed by atoms with E-state index in [0.717, 1.165) is 0 Å². The molecule has 0 heterocycles. The summed E-state index contributed by atoms with van der Waals surface area (Å²) in [7, 11) is 0. The number of hydrogen-bond donors (Lipinski definition) is 0. The summed E-state index contributed by atoms with van der Waals surface area (Å²) in [5.41, 5.74) is -2.35. The number of hydrogen-bond acceptors (Lipinski definition) is 2. The van der Waals surface area contributed by atoms with E-state index in [4.69, 9.17) is 0 Å². The molecule has 0 aromatic heterocycles. The number of nitrogens with zero attached hydrogens (tertiary/aromatic N) is 1. The summed E-state index contributed by atoms with van der Waals surface area (Å²) in [6.45, 7) is -2.03. The van der Waals surface area contributed by atoms with E-state index < -0.39 is 64.8 Å². The van der Waals surface area contributed by atoms with Gasteiger partial charge in [0.2, 0.25) is 0 Å². The van der Waals surface area contributed by atoms with Crippen molar-refractivity contribution in [3.63, 3.8) is 0 Å². The second kappa shape index (κ2) is 7.61. The lowest BCUT2D eigenvalue weighted by Gasteiger charge is -2.30. The smallest absolute Gasteiger partial charge is 0.267 e. The summed E-state index contributed by atoms with van der Waals surface area (Å²) >= 11 is 0. The summed E-state index contributed by atoms with van der Waals surface area (Å²) < 4.78 is 164. The predicted octanol–water partition coefficient (Wildman–Crippen LogP) is 4.96. The molecule has 0 bridgehead atoms. The molecule has 1 aromatic carbocycles. The molecular weight excluding hydrogens is 461 g/mol. The van der Waals surface area contributed by atoms with Gasteiger partial charge in [-0.25, -0.2) is 0 Å². The summed E-state index contributed by atoms with van der Waals surface area (Å²) in [5, 5.41) is 0. The topological polar surface area (TPSA) is 37.4 Å². The van der Waals surface area contributed by atoms with Gasteiger partial charge in [0.15, 0.2) is 0 Å². The average Bonchev–Trinajstić information content (AvgIpc) is 2.56. The molecule has 30 heavy (non-hydrogen) atoms. The Kier molecular flexibility index (Phi) is 6.46. The predicted molar refractivity (Wildman–Crippen MR) is 69.0 cm³/mol. The third-order valence-corrected chi connectivity index (χ3v) is 3.36. The molecule has 3 nitrogen and oxygen atoms in total. The van der Waals surface area contributed by atoms with Gasteiger partial charge in [0.05, 0.1) is 12.1 Å². The van der Waals surface area contributed by atoms with E-state index in [1.165, 1.54) is 0 Å². The molecule has 0 aliphatic rings. The molecule has 2 amide bonds. The fraction of sp³-hybridized carbons (Fsp3) is 0.429. The lowest BCUT2D eigenvalue weighted by atomic mass is 10.1. The Labute approximate surface area is 157 Å². The van der Waals surface area contributed by atoms with E-state index in [1.54, 1.807) is 0 Å². The van der Waals surface area contributed by atoms with Crippen molar-refractivity contribution in [2.75, 3.05) is 0 Å². The highest BCUT2D eigenvalue weighted by molar-refractivity contribution is 6.02. The SMILES string of the molecule is O=C(N(Cc1ccc(C(F)(F)F)cc1)C(=O)C(F)(F)C(F)(F)F)C(F)(F)C(F)(F)F. The standard InChI is InChI=1S/C14H6F13NO2/c15-10(16,13(22,23)24)8(29)28(9(30)11(17,18)14(25,26)27)5-6-1-3-7(4-2-6)12(19,20)21/h1-4H,5H2. The fourth-order valence-electron chi connectivity index (χ4n) is 1.80. The van der Waals surface area contributed by atoms with Gasteiger partial charge in [-0.15, -0.1) is 0 Å². The maximum absolute atomic E-state index is 13.2. The molecule has 0 radical (unpaired) electrons. The van der Waals surface area contributed by atoms with Crippen LogP contribution in [0.1, 0.15) is 11.1 Å². The molecular formula is C14H6F13NO2. The number of rotatable bonds is 4. The molecule has 0 spiro atoms. The Bertz CT molecular complexity index is 752. The number of alkyl halides is 13. The van der Waals surface area contributed by atoms with Crippen LogP contribution >= 0.6 is 0 Å². The van der Waals surface area contributed by atoms with Crippen molar-refractivity contribution in [3.8, 4) is 0 Å². The Morgan fingerprint density at radius 1 is 0.633 bits per heavy atom. The third-order valence-electron chi connectivity index (χ3n) is 3.36. The van der Waals surface area contributed by atoms with Crippen LogP contribution in [0.15, 0.2) is 24.3 Å². The molecule has 0 saturated heterocycles. The molecule has 1 aromatic rings. The molecule has 0 saturated carbocycles. The van der Waals surface area contributed by atoms with Crippen LogP contribution in [0, 0.1) is 0 Å². The number of carbonyl (C=O) groups excluding carboxylic acids is 2. The van der Waals surface area contributed by atoms with Crippen molar-refractivity contribution in [1.29, 1.82) is 0 Å². The van der Waals surface area contributed by atoms with E-state index in [0.29, 0.717) is 0 Å². The summed E-state index contributed by atoms with van der Waals surface area (Å²) in [4.78, 5) is 21.1. The van der Waals surface area contributed by atoms with E-state index in [-0.39, 0.29) is 24.3 Å². The van der Waals surface area contributed by atoms with Crippen LogP contribution in [0.25, 0.3) is 0 Å². The number of halogens is 13. The lowest BCUT2D eigenvalue weighted by molar-refractivity contribution is -0.283. The van der Waals surface area contributed by atoms with Crippen LogP contribution in [0.4, 0.5) is 57.1 Å². The summed E-state index contributed by atoms with van der Waals surface area (Å²) in [5.74, 6) is -20.7. The minimum Gasteiger partial charge on any atom is -0.267 e. The quantitative estimate of drug-likeness (QED) is 0.588. The first-order valence-corrected chi connectivity index (χ1v) is 7.05. The van der Waals surface area contributed by atoms with Gasteiger partial charge in [0.25, 0.3) is 0 Å².